The summed E-state index contributed by atoms with van der Waals surface area (Å²) >= 11 is -0.139. The average Bonchev–Trinajstić information content (AvgIpc) is 1.37. The predicted molar refractivity (Wildman–Crippen MR) is 27.3 cm³/mol. The molecule has 0 unspecified atom stereocenters. The van der Waals surface area contributed by atoms with Gasteiger partial charge in [-0.25, -0.2) is 0 Å². The second kappa shape index (κ2) is 3.53. The van der Waals surface area contributed by atoms with Crippen LogP contribution in [0.25, 0.3) is 0 Å². The maximum atomic E-state index is 6.56. The van der Waals surface area contributed by atoms with E-state index in [1.165, 1.54) is 0 Å². The molecule has 0 rings (SSSR count). The molecule has 0 saturated heterocycles. The van der Waals surface area contributed by atoms with E-state index in [9.17, 15) is 0 Å². The first-order valence-electron chi connectivity index (χ1n) is 1.16. The Morgan fingerprint density at radius 3 is 2.25 bits per heavy atom. The fourth-order valence-electron chi connectivity index (χ4n) is 0. The minimum atomic E-state index is -0.139. The van der Waals surface area contributed by atoms with E-state index in [1.807, 2.05) is 6.92 Å². The molecule has 0 bridgehead atoms. The number of alkyl halides is 1. The molecule has 0 radical (unpaired) electrons. The van der Waals surface area contributed by atoms with Gasteiger partial charge in [-0.2, -0.15) is 0 Å². The van der Waals surface area contributed by atoms with Gasteiger partial charge >= 0.3 is 0 Å². The quantitative estimate of drug-likeness (QED) is 0.458. The van der Waals surface area contributed by atoms with E-state index in [1.54, 1.807) is 0 Å². The van der Waals surface area contributed by atoms with Gasteiger partial charge in [-0.1, -0.05) is 6.92 Å². The van der Waals surface area contributed by atoms with Crippen molar-refractivity contribution in [3.05, 3.63) is 0 Å². The normalized spacial score (nSPS) is 7.25. The summed E-state index contributed by atoms with van der Waals surface area (Å²) in [4.78, 5) is 0. The van der Waals surface area contributed by atoms with E-state index < -0.39 is 0 Å². The molecule has 0 spiro atoms. The summed E-state index contributed by atoms with van der Waals surface area (Å²) < 4.78 is 7.66. The van der Waals surface area contributed by atoms with Gasteiger partial charge in [-0.05, 0) is 21.0 Å². The zero-order valence-electron chi connectivity index (χ0n) is 2.59. The summed E-state index contributed by atoms with van der Waals surface area (Å²) in [6, 6.07) is 0. The van der Waals surface area contributed by atoms with Gasteiger partial charge in [0.25, 0.3) is 0 Å². The predicted octanol–water partition coefficient (Wildman–Crippen LogP) is 1.74. The Morgan fingerprint density at radius 1 is 2.00 bits per heavy atom. The Kier molecular flexibility index (Phi) is 4.00. The Labute approximate surface area is 36.4 Å². The largest absolute Gasteiger partial charge is 0.278 e. The standard InChI is InChI=1S/C2H6IN/c1-2-3-4/h4H,2H2,1H3. The highest BCUT2D eigenvalue weighted by Crippen LogP contribution is 1.85. The molecule has 0 aliphatic heterocycles. The fourth-order valence-corrected chi connectivity index (χ4v) is 0. The van der Waals surface area contributed by atoms with E-state index in [2.05, 4.69) is 0 Å². The Balaban J connectivity index is 2.30. The van der Waals surface area contributed by atoms with Crippen molar-refractivity contribution < 1.29 is 0 Å². The van der Waals surface area contributed by atoms with Crippen molar-refractivity contribution in [2.45, 2.75) is 6.92 Å². The molecule has 4 heavy (non-hydrogen) atoms. The lowest BCUT2D eigenvalue weighted by molar-refractivity contribution is 1.57. The molecule has 0 heterocycles. The fraction of sp³-hybridized carbons (Fsp3) is 1.00. The van der Waals surface area contributed by atoms with Gasteiger partial charge in [-0.3, -0.25) is 3.56 Å². The summed E-state index contributed by atoms with van der Waals surface area (Å²) in [5.74, 6) is 0. The topological polar surface area (TPSA) is 23.9 Å². The van der Waals surface area contributed by atoms with Crippen LogP contribution in [0.5, 0.6) is 0 Å². The molecule has 0 aromatic heterocycles. The van der Waals surface area contributed by atoms with Crippen LogP contribution < -0.4 is 0 Å². The van der Waals surface area contributed by atoms with Crippen LogP contribution in [0.1, 0.15) is 6.92 Å². The van der Waals surface area contributed by atoms with Crippen molar-refractivity contribution in [2.24, 2.45) is 0 Å². The number of halogens is 1. The highest BCUT2D eigenvalue weighted by atomic mass is 127. The molecule has 0 saturated carbocycles. The van der Waals surface area contributed by atoms with Crippen LogP contribution in [0.4, 0.5) is 0 Å². The van der Waals surface area contributed by atoms with Crippen molar-refractivity contribution in [1.29, 1.82) is 3.56 Å². The first-order valence-corrected chi connectivity index (χ1v) is 3.77. The van der Waals surface area contributed by atoms with Crippen LogP contribution in [-0.4, -0.2) is 4.43 Å². The van der Waals surface area contributed by atoms with Gasteiger partial charge in [0.1, 0.15) is 0 Å². The van der Waals surface area contributed by atoms with Crippen LogP contribution in [0.3, 0.4) is 0 Å². The highest BCUT2D eigenvalue weighted by Gasteiger charge is 1.48. The van der Waals surface area contributed by atoms with E-state index in [0.29, 0.717) is 0 Å². The van der Waals surface area contributed by atoms with Crippen LogP contribution in [0.2, 0.25) is 0 Å². The summed E-state index contributed by atoms with van der Waals surface area (Å²) in [7, 11) is 0. The van der Waals surface area contributed by atoms with E-state index in [0.717, 1.165) is 4.43 Å². The molecule has 2 heteroatoms. The molecule has 1 nitrogen and oxygen atoms in total. The third kappa shape index (κ3) is 2.53. The third-order valence-electron chi connectivity index (χ3n) is 0.134. The van der Waals surface area contributed by atoms with Crippen molar-refractivity contribution >= 4 is 21.0 Å². The van der Waals surface area contributed by atoms with Crippen LogP contribution in [0.15, 0.2) is 0 Å². The van der Waals surface area contributed by atoms with Gasteiger partial charge in [0.2, 0.25) is 0 Å². The molecule has 0 aliphatic carbocycles. The smallest absolute Gasteiger partial charge is 0.00814 e. The lowest BCUT2D eigenvalue weighted by Gasteiger charge is -1.54. The van der Waals surface area contributed by atoms with Gasteiger partial charge in [0.05, 0.1) is 0 Å². The summed E-state index contributed by atoms with van der Waals surface area (Å²) in [6.07, 6.45) is 0. The molecule has 26 valence electrons. The summed E-state index contributed by atoms with van der Waals surface area (Å²) in [5.41, 5.74) is 0. The van der Waals surface area contributed by atoms with Crippen molar-refractivity contribution in [3.8, 4) is 0 Å². The van der Waals surface area contributed by atoms with Crippen molar-refractivity contribution in [2.75, 3.05) is 4.43 Å². The zero-order chi connectivity index (χ0) is 3.41. The summed E-state index contributed by atoms with van der Waals surface area (Å²) in [5, 5.41) is 0. The third-order valence-corrected chi connectivity index (χ3v) is 0.896. The number of nitrogens with one attached hydrogen (secondary N) is 1. The summed E-state index contributed by atoms with van der Waals surface area (Å²) in [6.45, 7) is 2.04. The van der Waals surface area contributed by atoms with Crippen molar-refractivity contribution in [1.82, 2.24) is 0 Å². The molecule has 0 atom stereocenters. The maximum absolute atomic E-state index is 6.56. The maximum Gasteiger partial charge on any atom is 0.00814 e. The molecule has 0 aromatic carbocycles. The SMILES string of the molecule is CCI=N. The Bertz CT molecular complexity index is 20.0. The second-order valence-corrected chi connectivity index (χ2v) is 2.69. The molecule has 0 fully saturated rings. The lowest BCUT2D eigenvalue weighted by Crippen LogP contribution is -1.38. The van der Waals surface area contributed by atoms with E-state index in [4.69, 9.17) is 3.56 Å². The Morgan fingerprint density at radius 2 is 2.25 bits per heavy atom. The van der Waals surface area contributed by atoms with Gasteiger partial charge in [-0.15, -0.1) is 0 Å². The molecular weight excluding hydrogens is 165 g/mol. The molecule has 1 N–H and O–H groups in total. The molecule has 0 aromatic rings. The van der Waals surface area contributed by atoms with E-state index in [-0.39, 0.29) is 21.0 Å². The highest BCUT2D eigenvalue weighted by molar-refractivity contribution is 14.1. The minimum absolute atomic E-state index is 0.139. The van der Waals surface area contributed by atoms with E-state index >= 15 is 0 Å². The van der Waals surface area contributed by atoms with Crippen LogP contribution in [0, 0.1) is 3.56 Å². The minimum Gasteiger partial charge on any atom is -0.278 e. The Hall–Kier alpha value is 0.530. The first kappa shape index (κ1) is 4.53. The van der Waals surface area contributed by atoms with Gasteiger partial charge in [0.15, 0.2) is 0 Å². The number of hydrogen-bond acceptors (Lipinski definition) is 1. The molecule has 0 amide bonds. The van der Waals surface area contributed by atoms with Crippen LogP contribution >= 0.6 is 21.0 Å². The first-order chi connectivity index (χ1) is 1.91. The lowest BCUT2D eigenvalue weighted by atomic mass is 11.0. The second-order valence-electron chi connectivity index (χ2n) is 0.401. The van der Waals surface area contributed by atoms with Gasteiger partial charge in [0, 0.05) is 4.43 Å². The van der Waals surface area contributed by atoms with Crippen molar-refractivity contribution in [3.63, 3.8) is 0 Å². The molecule has 0 aliphatic rings. The van der Waals surface area contributed by atoms with Crippen LogP contribution in [-0.2, 0) is 0 Å². The number of hydrogen-bond donors (Lipinski definition) is 1. The zero-order valence-corrected chi connectivity index (χ0v) is 4.74. The van der Waals surface area contributed by atoms with Gasteiger partial charge < -0.3 is 0 Å². The molecular formula is C2H6IN. The average molecular weight is 171 g/mol. The number of rotatable bonds is 1. The monoisotopic (exact) mass is 171 g/mol.